The predicted molar refractivity (Wildman–Crippen MR) is 105 cm³/mol. The summed E-state index contributed by atoms with van der Waals surface area (Å²) in [5.74, 6) is 2.05. The van der Waals surface area contributed by atoms with Crippen molar-refractivity contribution in [1.29, 1.82) is 0 Å². The number of terminal acetylenes is 1. The van der Waals surface area contributed by atoms with Gasteiger partial charge < -0.3 is 20.1 Å². The third kappa shape index (κ3) is 5.46. The lowest BCUT2D eigenvalue weighted by Crippen LogP contribution is -2.50. The summed E-state index contributed by atoms with van der Waals surface area (Å²) in [4.78, 5) is 16.9. The van der Waals surface area contributed by atoms with Crippen molar-refractivity contribution in [2.75, 3.05) is 44.2 Å². The molecule has 1 amide bonds. The van der Waals surface area contributed by atoms with E-state index < -0.39 is 12.2 Å². The molecule has 0 saturated carbocycles. The minimum absolute atomic E-state index is 0.00198. The van der Waals surface area contributed by atoms with Crippen LogP contribution in [0.1, 0.15) is 19.3 Å². The van der Waals surface area contributed by atoms with Crippen LogP contribution in [0.3, 0.4) is 0 Å². The second kappa shape index (κ2) is 9.75. The number of carbonyl (C=O) groups is 1. The number of ether oxygens (including phenoxy) is 1. The number of hydrogen-bond donors (Lipinski definition) is 2. The number of rotatable bonds is 6. The van der Waals surface area contributed by atoms with Gasteiger partial charge in [-0.1, -0.05) is 24.1 Å². The average molecular weight is 371 g/mol. The molecule has 2 saturated heterocycles. The lowest BCUT2D eigenvalue weighted by Gasteiger charge is -2.38. The fourth-order valence-corrected chi connectivity index (χ4v) is 3.76. The topological polar surface area (TPSA) is 65.0 Å². The summed E-state index contributed by atoms with van der Waals surface area (Å²) in [6.45, 7) is 5.19. The van der Waals surface area contributed by atoms with Gasteiger partial charge in [-0.15, -0.1) is 6.42 Å². The van der Waals surface area contributed by atoms with Crippen molar-refractivity contribution in [3.63, 3.8) is 0 Å². The van der Waals surface area contributed by atoms with Crippen molar-refractivity contribution in [3.05, 3.63) is 30.3 Å². The average Bonchev–Trinajstić information content (AvgIpc) is 2.72. The van der Waals surface area contributed by atoms with Crippen LogP contribution in [0.2, 0.25) is 0 Å². The third-order valence-electron chi connectivity index (χ3n) is 5.36. The zero-order valence-electron chi connectivity index (χ0n) is 15.7. The van der Waals surface area contributed by atoms with Crippen molar-refractivity contribution in [2.24, 2.45) is 0 Å². The van der Waals surface area contributed by atoms with E-state index in [4.69, 9.17) is 11.2 Å². The van der Waals surface area contributed by atoms with Gasteiger partial charge in [-0.3, -0.25) is 9.69 Å². The van der Waals surface area contributed by atoms with E-state index in [1.54, 1.807) is 0 Å². The summed E-state index contributed by atoms with van der Waals surface area (Å²) in [6, 6.07) is 10.5. The summed E-state index contributed by atoms with van der Waals surface area (Å²) in [7, 11) is 0. The molecular formula is C21H29N3O3. The number of benzene rings is 1. The summed E-state index contributed by atoms with van der Waals surface area (Å²) in [5, 5.41) is 12.7. The number of aliphatic hydroxyl groups is 1. The van der Waals surface area contributed by atoms with Gasteiger partial charge in [-0.2, -0.15) is 0 Å². The number of nitrogens with one attached hydrogen (secondary N) is 1. The Morgan fingerprint density at radius 3 is 2.67 bits per heavy atom. The molecule has 3 atom stereocenters. The quantitative estimate of drug-likeness (QED) is 0.726. The zero-order valence-corrected chi connectivity index (χ0v) is 15.7. The third-order valence-corrected chi connectivity index (χ3v) is 5.36. The van der Waals surface area contributed by atoms with Crippen LogP contribution in [0.4, 0.5) is 5.69 Å². The molecule has 2 N–H and O–H groups in total. The van der Waals surface area contributed by atoms with E-state index in [-0.39, 0.29) is 18.6 Å². The van der Waals surface area contributed by atoms with Crippen molar-refractivity contribution in [1.82, 2.24) is 10.2 Å². The van der Waals surface area contributed by atoms with E-state index in [0.717, 1.165) is 45.6 Å². The van der Waals surface area contributed by atoms with E-state index in [0.29, 0.717) is 6.42 Å². The number of carbonyl (C=O) groups excluding carboxylic acids is 1. The van der Waals surface area contributed by atoms with Crippen LogP contribution in [-0.4, -0.2) is 73.5 Å². The molecule has 2 heterocycles. The predicted octanol–water partition coefficient (Wildman–Crippen LogP) is 0.857. The number of hydrogen-bond acceptors (Lipinski definition) is 5. The highest BCUT2D eigenvalue weighted by atomic mass is 16.5. The molecule has 6 nitrogen and oxygen atoms in total. The molecule has 2 aliphatic heterocycles. The molecule has 2 fully saturated rings. The normalized spacial score (nSPS) is 26.4. The molecule has 0 aliphatic carbocycles. The van der Waals surface area contributed by atoms with E-state index in [9.17, 15) is 9.90 Å². The Labute approximate surface area is 161 Å². The van der Waals surface area contributed by atoms with E-state index in [2.05, 4.69) is 45.3 Å². The van der Waals surface area contributed by atoms with Crippen LogP contribution in [-0.2, 0) is 9.53 Å². The summed E-state index contributed by atoms with van der Waals surface area (Å²) < 4.78 is 5.87. The van der Waals surface area contributed by atoms with Crippen LogP contribution in [0.15, 0.2) is 30.3 Å². The van der Waals surface area contributed by atoms with Crippen LogP contribution < -0.4 is 10.2 Å². The Hall–Kier alpha value is -2.07. The van der Waals surface area contributed by atoms with Crippen molar-refractivity contribution >= 4 is 11.6 Å². The molecule has 2 aliphatic rings. The molecule has 1 aromatic carbocycles. The lowest BCUT2D eigenvalue weighted by molar-refractivity contribution is -0.158. The summed E-state index contributed by atoms with van der Waals surface area (Å²) in [5.41, 5.74) is 1.28. The monoisotopic (exact) mass is 371 g/mol. The van der Waals surface area contributed by atoms with Gasteiger partial charge in [0.2, 0.25) is 0 Å². The number of nitrogens with zero attached hydrogens (tertiary/aromatic N) is 2. The molecule has 0 aromatic heterocycles. The Kier molecular flexibility index (Phi) is 7.11. The Morgan fingerprint density at radius 1 is 1.22 bits per heavy atom. The Bertz CT molecular complexity index is 638. The Morgan fingerprint density at radius 2 is 1.96 bits per heavy atom. The number of piperazine rings is 1. The number of amides is 1. The van der Waals surface area contributed by atoms with Crippen LogP contribution in [0.25, 0.3) is 0 Å². The van der Waals surface area contributed by atoms with Crippen LogP contribution in [0.5, 0.6) is 0 Å². The first kappa shape index (κ1) is 19.7. The van der Waals surface area contributed by atoms with Gasteiger partial charge >= 0.3 is 0 Å². The highest BCUT2D eigenvalue weighted by Gasteiger charge is 2.35. The van der Waals surface area contributed by atoms with Crippen LogP contribution in [0, 0.1) is 12.3 Å². The molecule has 0 spiro atoms. The van der Waals surface area contributed by atoms with E-state index >= 15 is 0 Å². The molecule has 3 rings (SSSR count). The van der Waals surface area contributed by atoms with Gasteiger partial charge in [0, 0.05) is 38.4 Å². The molecule has 0 radical (unpaired) electrons. The SMILES string of the molecule is C#CCNC(=O)[C@@H]1O[C@H](CCN2CCN(c3ccccc3)CC2)CC[C@@H]1O. The van der Waals surface area contributed by atoms with Gasteiger partial charge in [-0.05, 0) is 31.4 Å². The maximum Gasteiger partial charge on any atom is 0.252 e. The summed E-state index contributed by atoms with van der Waals surface area (Å²) >= 11 is 0. The minimum Gasteiger partial charge on any atom is -0.390 e. The maximum atomic E-state index is 12.1. The smallest absolute Gasteiger partial charge is 0.252 e. The minimum atomic E-state index is -0.813. The first-order chi connectivity index (χ1) is 13.2. The molecule has 6 heteroatoms. The van der Waals surface area contributed by atoms with Gasteiger partial charge in [0.1, 0.15) is 0 Å². The largest absolute Gasteiger partial charge is 0.390 e. The molecular weight excluding hydrogens is 342 g/mol. The summed E-state index contributed by atoms with van der Waals surface area (Å²) in [6.07, 6.45) is 5.84. The van der Waals surface area contributed by atoms with Gasteiger partial charge in [0.05, 0.1) is 18.8 Å². The first-order valence-corrected chi connectivity index (χ1v) is 9.74. The van der Waals surface area contributed by atoms with Crippen molar-refractivity contribution < 1.29 is 14.6 Å². The fraction of sp³-hybridized carbons (Fsp3) is 0.571. The lowest BCUT2D eigenvalue weighted by atomic mass is 9.98. The van der Waals surface area contributed by atoms with Gasteiger partial charge in [-0.25, -0.2) is 0 Å². The molecule has 0 bridgehead atoms. The number of para-hydroxylation sites is 1. The standard InChI is InChI=1S/C21H29N3O3/c1-2-11-22-21(26)20-19(25)9-8-18(27-20)10-12-23-13-15-24(16-14-23)17-6-4-3-5-7-17/h1,3-7,18-20,25H,8-16H2,(H,22,26)/t18-,19-,20+/m0/s1. The van der Waals surface area contributed by atoms with Gasteiger partial charge in [0.15, 0.2) is 6.10 Å². The van der Waals surface area contributed by atoms with E-state index in [1.807, 2.05) is 6.07 Å². The zero-order chi connectivity index (χ0) is 19.1. The highest BCUT2D eigenvalue weighted by molar-refractivity contribution is 5.81. The van der Waals surface area contributed by atoms with Crippen molar-refractivity contribution in [2.45, 2.75) is 37.6 Å². The van der Waals surface area contributed by atoms with Gasteiger partial charge in [0.25, 0.3) is 5.91 Å². The maximum absolute atomic E-state index is 12.1. The van der Waals surface area contributed by atoms with E-state index in [1.165, 1.54) is 5.69 Å². The van der Waals surface area contributed by atoms with Crippen LogP contribution >= 0.6 is 0 Å². The number of anilines is 1. The second-order valence-electron chi connectivity index (χ2n) is 7.20. The van der Waals surface area contributed by atoms with Crippen molar-refractivity contribution in [3.8, 4) is 12.3 Å². The number of aliphatic hydroxyl groups excluding tert-OH is 1. The molecule has 1 aromatic rings. The molecule has 0 unspecified atom stereocenters. The highest BCUT2D eigenvalue weighted by Crippen LogP contribution is 2.23. The second-order valence-corrected chi connectivity index (χ2v) is 7.20. The molecule has 146 valence electrons. The first-order valence-electron chi connectivity index (χ1n) is 9.74. The fourth-order valence-electron chi connectivity index (χ4n) is 3.76. The Balaban J connectivity index is 1.41. The molecule has 27 heavy (non-hydrogen) atoms.